The molecule has 28 heavy (non-hydrogen) atoms. The van der Waals surface area contributed by atoms with Gasteiger partial charge in [-0.3, -0.25) is 9.97 Å². The van der Waals surface area contributed by atoms with E-state index < -0.39 is 10.0 Å². The van der Waals surface area contributed by atoms with Gasteiger partial charge >= 0.3 is 0 Å². The third kappa shape index (κ3) is 12.0. The smallest absolute Gasteiger partial charge is 0.238 e. The van der Waals surface area contributed by atoms with Crippen LogP contribution in [0.15, 0.2) is 115 Å². The summed E-state index contributed by atoms with van der Waals surface area (Å²) in [6.45, 7) is 0. The first-order valence-electron chi connectivity index (χ1n) is 8.16. The van der Waals surface area contributed by atoms with Crippen molar-refractivity contribution in [2.45, 2.75) is 4.90 Å². The zero-order valence-corrected chi connectivity index (χ0v) is 16.0. The molecule has 0 aliphatic heterocycles. The minimum absolute atomic E-state index is 0.0756. The molecule has 0 atom stereocenters. The summed E-state index contributed by atoms with van der Waals surface area (Å²) < 4.78 is 21.4. The van der Waals surface area contributed by atoms with E-state index in [1.54, 1.807) is 24.8 Å². The molecule has 0 bridgehead atoms. The average Bonchev–Trinajstić information content (AvgIpc) is 3.31. The second-order valence-corrected chi connectivity index (χ2v) is 6.61. The lowest BCUT2D eigenvalue weighted by Gasteiger charge is -1.96. The number of hydrogen-bond acceptors (Lipinski definition) is 5. The number of sulfonamides is 1. The highest BCUT2D eigenvalue weighted by Crippen LogP contribution is 2.08. The van der Waals surface area contributed by atoms with Gasteiger partial charge in [0.15, 0.2) is 0 Å². The third-order valence-electron chi connectivity index (χ3n) is 2.84. The second kappa shape index (κ2) is 13.7. The van der Waals surface area contributed by atoms with Crippen molar-refractivity contribution in [3.8, 4) is 0 Å². The van der Waals surface area contributed by atoms with Crippen LogP contribution in [0.5, 0.6) is 0 Å². The van der Waals surface area contributed by atoms with Crippen molar-refractivity contribution in [1.82, 2.24) is 15.0 Å². The van der Waals surface area contributed by atoms with Gasteiger partial charge in [0.2, 0.25) is 10.0 Å². The van der Waals surface area contributed by atoms with Crippen LogP contribution in [-0.2, 0) is 10.0 Å². The van der Waals surface area contributed by atoms with E-state index >= 15 is 0 Å². The Morgan fingerprint density at radius 3 is 1.32 bits per heavy atom. The van der Waals surface area contributed by atoms with Crippen LogP contribution >= 0.6 is 0 Å². The number of benzene rings is 1. The highest BCUT2D eigenvalue weighted by Gasteiger charge is 2.04. The number of hydrogen-bond donors (Lipinski definition) is 3. The molecular formula is C20H23N5O2S. The highest BCUT2D eigenvalue weighted by molar-refractivity contribution is 7.89. The maximum absolute atomic E-state index is 10.7. The van der Waals surface area contributed by atoms with Gasteiger partial charge in [-0.2, -0.15) is 0 Å². The molecule has 146 valence electrons. The van der Waals surface area contributed by atoms with Gasteiger partial charge < -0.3 is 10.7 Å². The first-order valence-corrected chi connectivity index (χ1v) is 9.71. The fraction of sp³-hybridized carbons (Fsp3) is 0. The number of anilines is 1. The number of rotatable bonds is 1. The Bertz CT molecular complexity index is 829. The lowest BCUT2D eigenvalue weighted by atomic mass is 10.3. The number of aromatic nitrogens is 3. The Balaban J connectivity index is 0.000000197. The van der Waals surface area contributed by atoms with Crippen molar-refractivity contribution in [2.24, 2.45) is 5.14 Å². The van der Waals surface area contributed by atoms with Gasteiger partial charge in [0, 0.05) is 42.9 Å². The molecule has 4 aromatic rings. The van der Waals surface area contributed by atoms with Crippen LogP contribution in [0.1, 0.15) is 0 Å². The Kier molecular flexibility index (Phi) is 11.0. The maximum atomic E-state index is 10.7. The summed E-state index contributed by atoms with van der Waals surface area (Å²) in [6.07, 6.45) is 10.8. The van der Waals surface area contributed by atoms with Crippen LogP contribution in [0, 0.1) is 0 Å². The normalized spacial score (nSPS) is 9.32. The molecule has 0 amide bonds. The summed E-state index contributed by atoms with van der Waals surface area (Å²) in [5.41, 5.74) is 5.85. The van der Waals surface area contributed by atoms with E-state index in [9.17, 15) is 8.42 Å². The summed E-state index contributed by atoms with van der Waals surface area (Å²) in [4.78, 5) is 10.5. The van der Waals surface area contributed by atoms with Gasteiger partial charge in [0.1, 0.15) is 0 Å². The standard InChI is InChI=1S/C6H8N2O2S.2C5H5N.C4H5N/c7-5-1-3-6(4-2-5)11(8,9)10;2*1-2-4-6-5-3-1;1-2-4-5-3-1/h1-4H,7H2,(H2,8,9,10);2*1-5H;1-5H. The van der Waals surface area contributed by atoms with Crippen LogP contribution in [0.3, 0.4) is 0 Å². The molecule has 0 spiro atoms. The van der Waals surface area contributed by atoms with E-state index in [1.165, 1.54) is 24.3 Å². The number of nitrogens with zero attached hydrogens (tertiary/aromatic N) is 2. The predicted octanol–water partition coefficient (Wildman–Crippen LogP) is 3.09. The summed E-state index contributed by atoms with van der Waals surface area (Å²) in [6, 6.07) is 21.0. The topological polar surface area (TPSA) is 128 Å². The van der Waals surface area contributed by atoms with Gasteiger partial charge in [-0.25, -0.2) is 13.6 Å². The van der Waals surface area contributed by atoms with Crippen LogP contribution in [0.2, 0.25) is 0 Å². The maximum Gasteiger partial charge on any atom is 0.238 e. The molecule has 3 aromatic heterocycles. The van der Waals surface area contributed by atoms with Crippen molar-refractivity contribution in [3.05, 3.63) is 110 Å². The molecule has 0 fully saturated rings. The summed E-state index contributed by atoms with van der Waals surface area (Å²) in [5, 5.41) is 4.84. The molecule has 4 rings (SSSR count). The second-order valence-electron chi connectivity index (χ2n) is 5.05. The number of aromatic amines is 1. The number of primary sulfonamides is 1. The van der Waals surface area contributed by atoms with Crippen LogP contribution < -0.4 is 10.9 Å². The average molecular weight is 398 g/mol. The number of nitrogens with two attached hydrogens (primary N) is 2. The molecule has 0 radical (unpaired) electrons. The van der Waals surface area contributed by atoms with Crippen LogP contribution in [0.4, 0.5) is 5.69 Å². The van der Waals surface area contributed by atoms with Crippen molar-refractivity contribution < 1.29 is 8.42 Å². The SMILES string of the molecule is Nc1ccc(S(N)(=O)=O)cc1.c1cc[nH]c1.c1ccncc1.c1ccncc1. The summed E-state index contributed by atoms with van der Waals surface area (Å²) in [5.74, 6) is 0. The Hall–Kier alpha value is -3.49. The van der Waals surface area contributed by atoms with E-state index in [4.69, 9.17) is 10.9 Å². The quantitative estimate of drug-likeness (QED) is 0.425. The molecule has 3 heterocycles. The zero-order chi connectivity index (χ0) is 20.5. The zero-order valence-electron chi connectivity index (χ0n) is 15.2. The Labute approximate surface area is 165 Å². The number of pyridine rings is 2. The Morgan fingerprint density at radius 1 is 0.679 bits per heavy atom. The fourth-order valence-corrected chi connectivity index (χ4v) is 2.08. The molecule has 0 aliphatic carbocycles. The summed E-state index contributed by atoms with van der Waals surface area (Å²) in [7, 11) is -3.58. The van der Waals surface area contributed by atoms with Gasteiger partial charge in [-0.1, -0.05) is 12.1 Å². The van der Waals surface area contributed by atoms with E-state index in [2.05, 4.69) is 15.0 Å². The highest BCUT2D eigenvalue weighted by atomic mass is 32.2. The number of nitrogen functional groups attached to an aromatic ring is 1. The molecule has 0 unspecified atom stereocenters. The number of H-pyrrole nitrogens is 1. The molecule has 8 heteroatoms. The first kappa shape index (κ1) is 22.6. The molecule has 1 aromatic carbocycles. The van der Waals surface area contributed by atoms with E-state index in [0.717, 1.165) is 0 Å². The van der Waals surface area contributed by atoms with Crippen molar-refractivity contribution in [3.63, 3.8) is 0 Å². The first-order chi connectivity index (χ1) is 13.5. The van der Waals surface area contributed by atoms with Gasteiger partial charge in [0.25, 0.3) is 0 Å². The third-order valence-corrected chi connectivity index (χ3v) is 3.77. The van der Waals surface area contributed by atoms with Gasteiger partial charge in [0.05, 0.1) is 4.90 Å². The summed E-state index contributed by atoms with van der Waals surface area (Å²) >= 11 is 0. The van der Waals surface area contributed by atoms with Gasteiger partial charge in [-0.15, -0.1) is 0 Å². The predicted molar refractivity (Wildman–Crippen MR) is 111 cm³/mol. The molecule has 0 saturated carbocycles. The Morgan fingerprint density at radius 2 is 1.11 bits per heavy atom. The molecular weight excluding hydrogens is 374 g/mol. The molecule has 5 N–H and O–H groups in total. The van der Waals surface area contributed by atoms with E-state index in [0.29, 0.717) is 5.69 Å². The molecule has 0 aliphatic rings. The van der Waals surface area contributed by atoms with Gasteiger partial charge in [-0.05, 0) is 60.7 Å². The number of nitrogens with one attached hydrogen (secondary N) is 1. The minimum Gasteiger partial charge on any atom is -0.399 e. The molecule has 7 nitrogen and oxygen atoms in total. The van der Waals surface area contributed by atoms with Crippen LogP contribution in [0.25, 0.3) is 0 Å². The monoisotopic (exact) mass is 397 g/mol. The van der Waals surface area contributed by atoms with Crippen molar-refractivity contribution >= 4 is 15.7 Å². The lowest BCUT2D eigenvalue weighted by Crippen LogP contribution is -2.11. The van der Waals surface area contributed by atoms with Crippen molar-refractivity contribution in [2.75, 3.05) is 5.73 Å². The lowest BCUT2D eigenvalue weighted by molar-refractivity contribution is 0.598. The largest absolute Gasteiger partial charge is 0.399 e. The van der Waals surface area contributed by atoms with Crippen molar-refractivity contribution in [1.29, 1.82) is 0 Å². The fourth-order valence-electron chi connectivity index (χ4n) is 1.56. The minimum atomic E-state index is -3.58. The van der Waals surface area contributed by atoms with E-state index in [1.807, 2.05) is 60.9 Å². The van der Waals surface area contributed by atoms with Crippen LogP contribution in [-0.4, -0.2) is 23.4 Å². The molecule has 0 saturated heterocycles. The van der Waals surface area contributed by atoms with E-state index in [-0.39, 0.29) is 4.90 Å².